The number of carbonyl (C=O) groups excluding carboxylic acids is 1. The predicted molar refractivity (Wildman–Crippen MR) is 53.4 cm³/mol. The van der Waals surface area contributed by atoms with Crippen LogP contribution in [0.25, 0.3) is 0 Å². The molecule has 0 spiro atoms. The van der Waals surface area contributed by atoms with Gasteiger partial charge in [0.05, 0.1) is 6.04 Å². The van der Waals surface area contributed by atoms with Crippen molar-refractivity contribution in [3.05, 3.63) is 34.3 Å². The van der Waals surface area contributed by atoms with Crippen LogP contribution in [0.1, 0.15) is 17.2 Å². The second-order valence-electron chi connectivity index (χ2n) is 3.32. The molecule has 4 heteroatoms. The fourth-order valence-electron chi connectivity index (χ4n) is 1.48. The summed E-state index contributed by atoms with van der Waals surface area (Å²) in [6.45, 7) is 2.33. The van der Waals surface area contributed by atoms with Crippen molar-refractivity contribution in [2.75, 3.05) is 6.61 Å². The number of amides is 1. The van der Waals surface area contributed by atoms with E-state index >= 15 is 0 Å². The molecule has 0 aliphatic carbocycles. The third kappa shape index (κ3) is 1.68. The van der Waals surface area contributed by atoms with Crippen LogP contribution < -0.4 is 5.32 Å². The van der Waals surface area contributed by atoms with Gasteiger partial charge >= 0.3 is 6.09 Å². The van der Waals surface area contributed by atoms with Crippen LogP contribution in [0.3, 0.4) is 0 Å². The summed E-state index contributed by atoms with van der Waals surface area (Å²) in [6.07, 6.45) is -0.382. The third-order valence-electron chi connectivity index (χ3n) is 2.20. The molecule has 0 bridgehead atoms. The van der Waals surface area contributed by atoms with Gasteiger partial charge in [0.25, 0.3) is 0 Å². The molecule has 1 aromatic rings. The van der Waals surface area contributed by atoms with Gasteiger partial charge < -0.3 is 10.1 Å². The molecule has 1 amide bonds. The zero-order valence-electron chi connectivity index (χ0n) is 7.71. The molecular formula is C10H10ClNO2. The van der Waals surface area contributed by atoms with Gasteiger partial charge in [0, 0.05) is 5.02 Å². The lowest BCUT2D eigenvalue weighted by Crippen LogP contribution is -2.18. The quantitative estimate of drug-likeness (QED) is 0.775. The van der Waals surface area contributed by atoms with Crippen molar-refractivity contribution in [3.8, 4) is 0 Å². The molecule has 0 aromatic heterocycles. The van der Waals surface area contributed by atoms with E-state index < -0.39 is 0 Å². The molecule has 0 saturated carbocycles. The Hall–Kier alpha value is -1.22. The molecular weight excluding hydrogens is 202 g/mol. The van der Waals surface area contributed by atoms with E-state index in [1.54, 1.807) is 0 Å². The number of benzene rings is 1. The number of alkyl carbamates (subject to hydrolysis) is 1. The van der Waals surface area contributed by atoms with Crippen molar-refractivity contribution in [2.24, 2.45) is 0 Å². The number of ether oxygens (including phenoxy) is 1. The number of hydrogen-bond donors (Lipinski definition) is 1. The average Bonchev–Trinajstić information content (AvgIpc) is 2.56. The highest BCUT2D eigenvalue weighted by molar-refractivity contribution is 6.31. The van der Waals surface area contributed by atoms with Crippen molar-refractivity contribution in [1.82, 2.24) is 5.32 Å². The van der Waals surface area contributed by atoms with Gasteiger partial charge in [-0.25, -0.2) is 4.79 Å². The number of rotatable bonds is 1. The highest BCUT2D eigenvalue weighted by Crippen LogP contribution is 2.26. The SMILES string of the molecule is Cc1ccc(Cl)c(C2COC(=O)N2)c1. The summed E-state index contributed by atoms with van der Waals surface area (Å²) < 4.78 is 4.81. The largest absolute Gasteiger partial charge is 0.447 e. The lowest BCUT2D eigenvalue weighted by Gasteiger charge is -2.10. The Labute approximate surface area is 87.0 Å². The molecule has 14 heavy (non-hydrogen) atoms. The summed E-state index contributed by atoms with van der Waals surface area (Å²) in [5.74, 6) is 0. The van der Waals surface area contributed by atoms with E-state index in [1.807, 2.05) is 25.1 Å². The van der Waals surface area contributed by atoms with Crippen LogP contribution >= 0.6 is 11.6 Å². The lowest BCUT2D eigenvalue weighted by molar-refractivity contribution is 0.177. The normalized spacial score (nSPS) is 20.4. The summed E-state index contributed by atoms with van der Waals surface area (Å²) in [6, 6.07) is 5.61. The standard InChI is InChI=1S/C10H10ClNO2/c1-6-2-3-8(11)7(4-6)9-5-14-10(13)12-9/h2-4,9H,5H2,1H3,(H,12,13). The Kier molecular flexibility index (Phi) is 2.33. The van der Waals surface area contributed by atoms with Gasteiger partial charge in [-0.05, 0) is 18.6 Å². The highest BCUT2D eigenvalue weighted by Gasteiger charge is 2.25. The van der Waals surface area contributed by atoms with Crippen LogP contribution in [0.4, 0.5) is 4.79 Å². The zero-order chi connectivity index (χ0) is 10.1. The Morgan fingerprint density at radius 2 is 2.36 bits per heavy atom. The van der Waals surface area contributed by atoms with E-state index in [4.69, 9.17) is 16.3 Å². The van der Waals surface area contributed by atoms with Gasteiger partial charge in [-0.2, -0.15) is 0 Å². The summed E-state index contributed by atoms with van der Waals surface area (Å²) >= 11 is 6.02. The number of aryl methyl sites for hydroxylation is 1. The van der Waals surface area contributed by atoms with E-state index in [9.17, 15) is 4.79 Å². The van der Waals surface area contributed by atoms with Gasteiger partial charge in [-0.1, -0.05) is 29.3 Å². The first-order valence-corrected chi connectivity index (χ1v) is 4.74. The third-order valence-corrected chi connectivity index (χ3v) is 2.54. The first-order valence-electron chi connectivity index (χ1n) is 4.36. The van der Waals surface area contributed by atoms with E-state index in [0.717, 1.165) is 11.1 Å². The summed E-state index contributed by atoms with van der Waals surface area (Å²) in [4.78, 5) is 10.8. The first kappa shape index (κ1) is 9.34. The van der Waals surface area contributed by atoms with Gasteiger partial charge in [0.1, 0.15) is 6.61 Å². The van der Waals surface area contributed by atoms with Gasteiger partial charge in [0.2, 0.25) is 0 Å². The minimum atomic E-state index is -0.382. The Bertz CT molecular complexity index is 378. The molecule has 3 nitrogen and oxygen atoms in total. The molecule has 1 N–H and O–H groups in total. The molecule has 1 heterocycles. The average molecular weight is 212 g/mol. The maximum Gasteiger partial charge on any atom is 0.407 e. The van der Waals surface area contributed by atoms with Crippen LogP contribution in [-0.4, -0.2) is 12.7 Å². The van der Waals surface area contributed by atoms with Gasteiger partial charge in [-0.15, -0.1) is 0 Å². The Morgan fingerprint density at radius 1 is 1.57 bits per heavy atom. The van der Waals surface area contributed by atoms with Crippen LogP contribution in [0.5, 0.6) is 0 Å². The van der Waals surface area contributed by atoms with E-state index in [0.29, 0.717) is 11.6 Å². The maximum atomic E-state index is 10.8. The fourth-order valence-corrected chi connectivity index (χ4v) is 1.73. The predicted octanol–water partition coefficient (Wildman–Crippen LogP) is 2.43. The topological polar surface area (TPSA) is 38.3 Å². The van der Waals surface area contributed by atoms with E-state index in [2.05, 4.69) is 5.32 Å². The highest BCUT2D eigenvalue weighted by atomic mass is 35.5. The van der Waals surface area contributed by atoms with Gasteiger partial charge in [0.15, 0.2) is 0 Å². The molecule has 74 valence electrons. The molecule has 1 aliphatic heterocycles. The van der Waals surface area contributed by atoms with Crippen molar-refractivity contribution in [2.45, 2.75) is 13.0 Å². The van der Waals surface area contributed by atoms with Crippen molar-refractivity contribution in [1.29, 1.82) is 0 Å². The molecule has 2 rings (SSSR count). The molecule has 0 radical (unpaired) electrons. The summed E-state index contributed by atoms with van der Waals surface area (Å²) in [7, 11) is 0. The number of halogens is 1. The first-order chi connectivity index (χ1) is 6.66. The molecule has 1 atom stereocenters. The van der Waals surface area contributed by atoms with Crippen LogP contribution in [0, 0.1) is 6.92 Å². The molecule has 1 unspecified atom stereocenters. The minimum absolute atomic E-state index is 0.116. The van der Waals surface area contributed by atoms with E-state index in [-0.39, 0.29) is 12.1 Å². The maximum absolute atomic E-state index is 10.8. The van der Waals surface area contributed by atoms with Crippen LogP contribution in [0.15, 0.2) is 18.2 Å². The summed E-state index contributed by atoms with van der Waals surface area (Å²) in [5, 5.41) is 3.35. The van der Waals surface area contributed by atoms with Crippen molar-refractivity contribution >= 4 is 17.7 Å². The Morgan fingerprint density at radius 3 is 3.00 bits per heavy atom. The monoisotopic (exact) mass is 211 g/mol. The van der Waals surface area contributed by atoms with Crippen LogP contribution in [-0.2, 0) is 4.74 Å². The zero-order valence-corrected chi connectivity index (χ0v) is 8.47. The number of hydrogen-bond acceptors (Lipinski definition) is 2. The molecule has 1 aliphatic rings. The number of carbonyl (C=O) groups is 1. The summed E-state index contributed by atoms with van der Waals surface area (Å²) in [5.41, 5.74) is 2.03. The minimum Gasteiger partial charge on any atom is -0.447 e. The molecule has 1 fully saturated rings. The second-order valence-corrected chi connectivity index (χ2v) is 3.73. The number of cyclic esters (lactones) is 1. The number of nitrogens with one attached hydrogen (secondary N) is 1. The molecule has 1 saturated heterocycles. The smallest absolute Gasteiger partial charge is 0.407 e. The van der Waals surface area contributed by atoms with Gasteiger partial charge in [-0.3, -0.25) is 0 Å². The van der Waals surface area contributed by atoms with E-state index in [1.165, 1.54) is 0 Å². The molecule has 1 aromatic carbocycles. The van der Waals surface area contributed by atoms with Crippen molar-refractivity contribution < 1.29 is 9.53 Å². The second kappa shape index (κ2) is 3.50. The fraction of sp³-hybridized carbons (Fsp3) is 0.300. The lowest BCUT2D eigenvalue weighted by atomic mass is 10.1. The van der Waals surface area contributed by atoms with Crippen LogP contribution in [0.2, 0.25) is 5.02 Å². The Balaban J connectivity index is 2.31. The van der Waals surface area contributed by atoms with Crippen molar-refractivity contribution in [3.63, 3.8) is 0 Å².